The fourth-order valence-electron chi connectivity index (χ4n) is 3.11. The number of nitrogens with zero attached hydrogens (tertiary/aromatic N) is 5. The van der Waals surface area contributed by atoms with Crippen molar-refractivity contribution in [2.75, 3.05) is 5.32 Å². The highest BCUT2D eigenvalue weighted by atomic mass is 15.0. The first-order valence-corrected chi connectivity index (χ1v) is 9.16. The van der Waals surface area contributed by atoms with Crippen LogP contribution in [0.25, 0.3) is 22.2 Å². The molecule has 3 aromatic heterocycles. The van der Waals surface area contributed by atoms with Gasteiger partial charge in [-0.15, -0.1) is 0 Å². The molecule has 27 heavy (non-hydrogen) atoms. The van der Waals surface area contributed by atoms with E-state index in [9.17, 15) is 0 Å². The van der Waals surface area contributed by atoms with Crippen LogP contribution in [0.5, 0.6) is 0 Å². The van der Waals surface area contributed by atoms with Gasteiger partial charge in [0, 0.05) is 43.2 Å². The molecule has 1 aromatic carbocycles. The van der Waals surface area contributed by atoms with Gasteiger partial charge in [0.15, 0.2) is 0 Å². The van der Waals surface area contributed by atoms with E-state index in [-0.39, 0.29) is 0 Å². The molecule has 0 unspecified atom stereocenters. The van der Waals surface area contributed by atoms with Crippen LogP contribution in [-0.4, -0.2) is 24.5 Å². The predicted molar refractivity (Wildman–Crippen MR) is 108 cm³/mol. The van der Waals surface area contributed by atoms with Crippen molar-refractivity contribution < 1.29 is 0 Å². The number of nitrogens with one attached hydrogen (secondary N) is 1. The summed E-state index contributed by atoms with van der Waals surface area (Å²) in [5.74, 6) is 1.67. The van der Waals surface area contributed by atoms with Crippen LogP contribution in [0.4, 0.5) is 11.5 Å². The third kappa shape index (κ3) is 3.38. The number of fused-ring (bicyclic) bond motifs is 1. The van der Waals surface area contributed by atoms with E-state index in [1.807, 2.05) is 30.1 Å². The van der Waals surface area contributed by atoms with Gasteiger partial charge in [-0.3, -0.25) is 0 Å². The van der Waals surface area contributed by atoms with Crippen LogP contribution in [0, 0.1) is 0 Å². The number of anilines is 2. The minimum absolute atomic E-state index is 0.809. The lowest BCUT2D eigenvalue weighted by Crippen LogP contribution is -1.99. The quantitative estimate of drug-likeness (QED) is 0.576. The van der Waals surface area contributed by atoms with Crippen molar-refractivity contribution in [3.05, 3.63) is 60.6 Å². The standard InChI is InChI=1S/C21H22N6/c1-4-14-8-15(16-10-22-20(5-2)23-11-16)6-7-17(14)26-21-9-19-18(12-24-21)25-13-27(19)3/h6-13H,4-5H2,1-3H3,(H,24,26). The second-order valence-corrected chi connectivity index (χ2v) is 6.51. The number of aryl methyl sites for hydroxylation is 3. The average molecular weight is 358 g/mol. The van der Waals surface area contributed by atoms with Crippen LogP contribution in [-0.2, 0) is 19.9 Å². The first kappa shape index (κ1) is 17.1. The van der Waals surface area contributed by atoms with E-state index in [1.54, 1.807) is 12.5 Å². The third-order valence-electron chi connectivity index (χ3n) is 4.72. The lowest BCUT2D eigenvalue weighted by atomic mass is 10.0. The summed E-state index contributed by atoms with van der Waals surface area (Å²) >= 11 is 0. The number of benzene rings is 1. The summed E-state index contributed by atoms with van der Waals surface area (Å²) in [7, 11) is 1.98. The molecular formula is C21H22N6. The maximum Gasteiger partial charge on any atom is 0.132 e. The van der Waals surface area contributed by atoms with Crippen LogP contribution in [0.1, 0.15) is 25.2 Å². The first-order valence-electron chi connectivity index (χ1n) is 9.16. The van der Waals surface area contributed by atoms with Gasteiger partial charge in [-0.05, 0) is 29.7 Å². The highest BCUT2D eigenvalue weighted by Crippen LogP contribution is 2.27. The summed E-state index contributed by atoms with van der Waals surface area (Å²) in [5.41, 5.74) is 6.37. The number of hydrogen-bond acceptors (Lipinski definition) is 5. The molecular weight excluding hydrogens is 336 g/mol. The van der Waals surface area contributed by atoms with Gasteiger partial charge in [0.25, 0.3) is 0 Å². The van der Waals surface area contributed by atoms with Gasteiger partial charge in [0.2, 0.25) is 0 Å². The number of aromatic nitrogens is 5. The summed E-state index contributed by atoms with van der Waals surface area (Å²) < 4.78 is 1.99. The topological polar surface area (TPSA) is 68.5 Å². The van der Waals surface area contributed by atoms with Gasteiger partial charge >= 0.3 is 0 Å². The summed E-state index contributed by atoms with van der Waals surface area (Å²) in [4.78, 5) is 17.6. The van der Waals surface area contributed by atoms with Gasteiger partial charge in [-0.1, -0.05) is 19.9 Å². The summed E-state index contributed by atoms with van der Waals surface area (Å²) in [5, 5.41) is 3.45. The molecule has 0 spiro atoms. The summed E-state index contributed by atoms with van der Waals surface area (Å²) in [6.45, 7) is 4.21. The lowest BCUT2D eigenvalue weighted by Gasteiger charge is -2.13. The Hall–Kier alpha value is -3.28. The average Bonchev–Trinajstić information content (AvgIpc) is 3.09. The molecule has 1 N–H and O–H groups in total. The van der Waals surface area contributed by atoms with Gasteiger partial charge in [-0.25, -0.2) is 19.9 Å². The zero-order chi connectivity index (χ0) is 18.8. The Morgan fingerprint density at radius 3 is 2.44 bits per heavy atom. The molecule has 0 radical (unpaired) electrons. The van der Waals surface area contributed by atoms with Gasteiger partial charge < -0.3 is 9.88 Å². The van der Waals surface area contributed by atoms with Crippen LogP contribution in [0.15, 0.2) is 49.2 Å². The van der Waals surface area contributed by atoms with E-state index >= 15 is 0 Å². The smallest absolute Gasteiger partial charge is 0.132 e. The second-order valence-electron chi connectivity index (χ2n) is 6.51. The van der Waals surface area contributed by atoms with Crippen molar-refractivity contribution in [2.24, 2.45) is 7.05 Å². The van der Waals surface area contributed by atoms with Crippen molar-refractivity contribution in [1.82, 2.24) is 24.5 Å². The number of rotatable bonds is 5. The maximum absolute atomic E-state index is 4.48. The van der Waals surface area contributed by atoms with Crippen molar-refractivity contribution in [3.8, 4) is 11.1 Å². The van der Waals surface area contributed by atoms with Crippen molar-refractivity contribution >= 4 is 22.5 Å². The third-order valence-corrected chi connectivity index (χ3v) is 4.72. The molecule has 4 aromatic rings. The molecule has 0 bridgehead atoms. The van der Waals surface area contributed by atoms with E-state index in [1.165, 1.54) is 5.56 Å². The molecule has 0 saturated heterocycles. The van der Waals surface area contributed by atoms with Crippen LogP contribution in [0.3, 0.4) is 0 Å². The van der Waals surface area contributed by atoms with Crippen LogP contribution < -0.4 is 5.32 Å². The normalized spacial score (nSPS) is 11.1. The fraction of sp³-hybridized carbons (Fsp3) is 0.238. The van der Waals surface area contributed by atoms with Crippen molar-refractivity contribution in [1.29, 1.82) is 0 Å². The number of pyridine rings is 1. The number of imidazole rings is 1. The van der Waals surface area contributed by atoms with E-state index < -0.39 is 0 Å². The molecule has 0 aliphatic heterocycles. The zero-order valence-corrected chi connectivity index (χ0v) is 15.8. The Bertz CT molecular complexity index is 1080. The zero-order valence-electron chi connectivity index (χ0n) is 15.8. The second kappa shape index (κ2) is 7.15. The Kier molecular flexibility index (Phi) is 4.54. The van der Waals surface area contributed by atoms with Crippen molar-refractivity contribution in [2.45, 2.75) is 26.7 Å². The molecule has 0 fully saturated rings. The number of hydrogen-bond donors (Lipinski definition) is 1. The SMILES string of the molecule is CCc1ncc(-c2ccc(Nc3cc4c(cn3)ncn4C)c(CC)c2)cn1. The van der Waals surface area contributed by atoms with Crippen LogP contribution >= 0.6 is 0 Å². The summed E-state index contributed by atoms with van der Waals surface area (Å²) in [6.07, 6.45) is 9.14. The Labute approximate surface area is 158 Å². The molecule has 0 atom stereocenters. The highest BCUT2D eigenvalue weighted by Gasteiger charge is 2.08. The largest absolute Gasteiger partial charge is 0.340 e. The van der Waals surface area contributed by atoms with Crippen LogP contribution in [0.2, 0.25) is 0 Å². The summed E-state index contributed by atoms with van der Waals surface area (Å²) in [6, 6.07) is 8.40. The minimum atomic E-state index is 0.809. The molecule has 6 heteroatoms. The molecule has 0 aliphatic carbocycles. The van der Waals surface area contributed by atoms with Crippen molar-refractivity contribution in [3.63, 3.8) is 0 Å². The van der Waals surface area contributed by atoms with Gasteiger partial charge in [0.1, 0.15) is 17.2 Å². The molecule has 4 rings (SSSR count). The van der Waals surface area contributed by atoms with Gasteiger partial charge in [0.05, 0.1) is 18.0 Å². The Balaban J connectivity index is 1.64. The molecule has 0 aliphatic rings. The minimum Gasteiger partial charge on any atom is -0.340 e. The van der Waals surface area contributed by atoms with E-state index in [0.29, 0.717) is 0 Å². The molecule has 136 valence electrons. The predicted octanol–water partition coefficient (Wildman–Crippen LogP) is 4.29. The van der Waals surface area contributed by atoms with Gasteiger partial charge in [-0.2, -0.15) is 0 Å². The van der Waals surface area contributed by atoms with E-state index in [0.717, 1.165) is 52.3 Å². The molecule has 3 heterocycles. The maximum atomic E-state index is 4.48. The lowest BCUT2D eigenvalue weighted by molar-refractivity contribution is 0.941. The monoisotopic (exact) mass is 358 g/mol. The first-order chi connectivity index (χ1) is 13.2. The highest BCUT2D eigenvalue weighted by molar-refractivity contribution is 5.79. The van der Waals surface area contributed by atoms with E-state index in [4.69, 9.17) is 0 Å². The molecule has 6 nitrogen and oxygen atoms in total. The molecule has 0 amide bonds. The fourth-order valence-corrected chi connectivity index (χ4v) is 3.11. The van der Waals surface area contributed by atoms with E-state index in [2.05, 4.69) is 57.3 Å². The Morgan fingerprint density at radius 1 is 0.889 bits per heavy atom. The Morgan fingerprint density at radius 2 is 1.70 bits per heavy atom. The molecule has 0 saturated carbocycles.